The fourth-order valence-corrected chi connectivity index (χ4v) is 2.61. The van der Waals surface area contributed by atoms with Gasteiger partial charge in [-0.05, 0) is 30.5 Å². The summed E-state index contributed by atoms with van der Waals surface area (Å²) >= 11 is 1.57. The first-order valence-electron chi connectivity index (χ1n) is 6.55. The van der Waals surface area contributed by atoms with E-state index in [1.165, 1.54) is 0 Å². The summed E-state index contributed by atoms with van der Waals surface area (Å²) in [5.74, 6) is 1.88. The maximum atomic E-state index is 5.72. The smallest absolute Gasteiger partial charge is 0.257 e. The lowest BCUT2D eigenvalue weighted by Gasteiger charge is -2.14. The van der Waals surface area contributed by atoms with Crippen molar-refractivity contribution in [2.24, 2.45) is 0 Å². The second-order valence-electron chi connectivity index (χ2n) is 4.49. The molecule has 0 aliphatic heterocycles. The lowest BCUT2D eigenvalue weighted by atomic mass is 10.2. The molecule has 3 rings (SSSR count). The van der Waals surface area contributed by atoms with Gasteiger partial charge in [0.2, 0.25) is 5.89 Å². The summed E-state index contributed by atoms with van der Waals surface area (Å²) in [6.45, 7) is 1.97. The number of anilines is 1. The summed E-state index contributed by atoms with van der Waals surface area (Å²) in [6.07, 6.45) is 0. The molecule has 1 atom stereocenters. The van der Waals surface area contributed by atoms with E-state index in [0.29, 0.717) is 11.8 Å². The molecule has 0 unspecified atom stereocenters. The quantitative estimate of drug-likeness (QED) is 0.772. The number of rotatable bonds is 5. The van der Waals surface area contributed by atoms with Gasteiger partial charge in [0.05, 0.1) is 17.7 Å². The minimum Gasteiger partial charge on any atom is -0.495 e. The van der Waals surface area contributed by atoms with Gasteiger partial charge in [0.1, 0.15) is 11.8 Å². The molecule has 0 fully saturated rings. The van der Waals surface area contributed by atoms with Gasteiger partial charge in [-0.2, -0.15) is 0 Å². The van der Waals surface area contributed by atoms with E-state index in [1.54, 1.807) is 18.4 Å². The van der Waals surface area contributed by atoms with Gasteiger partial charge in [-0.15, -0.1) is 21.5 Å². The summed E-state index contributed by atoms with van der Waals surface area (Å²) in [6, 6.07) is 11.5. The van der Waals surface area contributed by atoms with Crippen molar-refractivity contribution in [2.75, 3.05) is 12.4 Å². The Kier molecular flexibility index (Phi) is 3.87. The zero-order chi connectivity index (χ0) is 14.7. The zero-order valence-electron chi connectivity index (χ0n) is 11.7. The first-order chi connectivity index (χ1) is 10.3. The van der Waals surface area contributed by atoms with Gasteiger partial charge in [-0.1, -0.05) is 18.2 Å². The third kappa shape index (κ3) is 2.90. The van der Waals surface area contributed by atoms with E-state index in [-0.39, 0.29) is 6.04 Å². The molecule has 0 saturated heterocycles. The third-order valence-corrected chi connectivity index (χ3v) is 3.88. The Morgan fingerprint density at radius 2 is 2.05 bits per heavy atom. The van der Waals surface area contributed by atoms with Gasteiger partial charge in [-0.3, -0.25) is 0 Å². The highest BCUT2D eigenvalue weighted by Gasteiger charge is 2.16. The van der Waals surface area contributed by atoms with Crippen LogP contribution in [0.15, 0.2) is 46.2 Å². The van der Waals surface area contributed by atoms with Crippen molar-refractivity contribution in [3.63, 3.8) is 0 Å². The fraction of sp³-hybridized carbons (Fsp3) is 0.200. The Morgan fingerprint density at radius 3 is 2.81 bits per heavy atom. The summed E-state index contributed by atoms with van der Waals surface area (Å²) in [5, 5.41) is 13.5. The highest BCUT2D eigenvalue weighted by atomic mass is 32.1. The van der Waals surface area contributed by atoms with Crippen LogP contribution in [0.25, 0.3) is 10.8 Å². The van der Waals surface area contributed by atoms with Gasteiger partial charge in [0.15, 0.2) is 0 Å². The monoisotopic (exact) mass is 301 g/mol. The molecule has 0 radical (unpaired) electrons. The Hall–Kier alpha value is -2.34. The van der Waals surface area contributed by atoms with Crippen LogP contribution in [0, 0.1) is 0 Å². The SMILES string of the molecule is COc1ccccc1N[C@H](C)c1nnc(-c2cccs2)o1. The average Bonchev–Trinajstić information content (AvgIpc) is 3.18. The number of methoxy groups -OCH3 is 1. The molecule has 5 nitrogen and oxygen atoms in total. The molecule has 0 saturated carbocycles. The van der Waals surface area contributed by atoms with E-state index < -0.39 is 0 Å². The second kappa shape index (κ2) is 5.97. The van der Waals surface area contributed by atoms with Gasteiger partial charge in [0.25, 0.3) is 5.89 Å². The Balaban J connectivity index is 1.78. The van der Waals surface area contributed by atoms with Crippen molar-refractivity contribution in [1.29, 1.82) is 0 Å². The van der Waals surface area contributed by atoms with Crippen LogP contribution in [0.5, 0.6) is 5.75 Å². The van der Waals surface area contributed by atoms with Crippen molar-refractivity contribution in [2.45, 2.75) is 13.0 Å². The number of thiophene rings is 1. The van der Waals surface area contributed by atoms with E-state index in [1.807, 2.05) is 48.7 Å². The van der Waals surface area contributed by atoms with Crippen LogP contribution in [0.4, 0.5) is 5.69 Å². The number of nitrogens with one attached hydrogen (secondary N) is 1. The molecular weight excluding hydrogens is 286 g/mol. The summed E-state index contributed by atoms with van der Waals surface area (Å²) in [7, 11) is 1.65. The van der Waals surface area contributed by atoms with Crippen LogP contribution in [0.1, 0.15) is 18.9 Å². The third-order valence-electron chi connectivity index (χ3n) is 3.02. The first-order valence-corrected chi connectivity index (χ1v) is 7.42. The molecule has 0 aliphatic rings. The summed E-state index contributed by atoms with van der Waals surface area (Å²) < 4.78 is 11.0. The van der Waals surface area contributed by atoms with Crippen molar-refractivity contribution in [3.8, 4) is 16.5 Å². The number of aromatic nitrogens is 2. The maximum Gasteiger partial charge on any atom is 0.257 e. The number of nitrogens with zero attached hydrogens (tertiary/aromatic N) is 2. The molecule has 2 aromatic heterocycles. The largest absolute Gasteiger partial charge is 0.495 e. The molecule has 0 amide bonds. The molecule has 0 bridgehead atoms. The van der Waals surface area contributed by atoms with Gasteiger partial charge < -0.3 is 14.5 Å². The van der Waals surface area contributed by atoms with Gasteiger partial charge >= 0.3 is 0 Å². The molecule has 1 N–H and O–H groups in total. The highest BCUT2D eigenvalue weighted by molar-refractivity contribution is 7.13. The van der Waals surface area contributed by atoms with Gasteiger partial charge in [-0.25, -0.2) is 0 Å². The van der Waals surface area contributed by atoms with Gasteiger partial charge in [0, 0.05) is 0 Å². The van der Waals surface area contributed by atoms with Crippen molar-refractivity contribution in [3.05, 3.63) is 47.7 Å². The Morgan fingerprint density at radius 1 is 1.19 bits per heavy atom. The van der Waals surface area contributed by atoms with Crippen LogP contribution in [0.2, 0.25) is 0 Å². The molecule has 2 heterocycles. The van der Waals surface area contributed by atoms with Crippen molar-refractivity contribution >= 4 is 17.0 Å². The number of ether oxygens (including phenoxy) is 1. The van der Waals surface area contributed by atoms with Crippen LogP contribution in [-0.2, 0) is 0 Å². The van der Waals surface area contributed by atoms with Crippen LogP contribution >= 0.6 is 11.3 Å². The Bertz CT molecular complexity index is 709. The van der Waals surface area contributed by atoms with Crippen LogP contribution in [0.3, 0.4) is 0 Å². The fourth-order valence-electron chi connectivity index (χ4n) is 1.97. The first kappa shape index (κ1) is 13.6. The maximum absolute atomic E-state index is 5.72. The van der Waals surface area contributed by atoms with Crippen LogP contribution < -0.4 is 10.1 Å². The zero-order valence-corrected chi connectivity index (χ0v) is 12.6. The molecule has 1 aromatic carbocycles. The molecule has 0 aliphatic carbocycles. The van der Waals surface area contributed by atoms with E-state index in [0.717, 1.165) is 16.3 Å². The number of hydrogen-bond acceptors (Lipinski definition) is 6. The van der Waals surface area contributed by atoms with E-state index in [9.17, 15) is 0 Å². The standard InChI is InChI=1S/C15H15N3O2S/c1-10(16-11-6-3-4-7-12(11)19-2)14-17-18-15(20-14)13-8-5-9-21-13/h3-10,16H,1-2H3/t10-/m1/s1. The second-order valence-corrected chi connectivity index (χ2v) is 5.44. The normalized spacial score (nSPS) is 12.1. The van der Waals surface area contributed by atoms with Crippen LogP contribution in [-0.4, -0.2) is 17.3 Å². The van der Waals surface area contributed by atoms with Crippen molar-refractivity contribution in [1.82, 2.24) is 10.2 Å². The minimum atomic E-state index is -0.109. The molecular formula is C15H15N3O2S. The minimum absolute atomic E-state index is 0.109. The predicted molar refractivity (Wildman–Crippen MR) is 82.6 cm³/mol. The molecule has 0 spiro atoms. The van der Waals surface area contributed by atoms with E-state index in [2.05, 4.69) is 15.5 Å². The lowest BCUT2D eigenvalue weighted by Crippen LogP contribution is -2.08. The van der Waals surface area contributed by atoms with Crippen molar-refractivity contribution < 1.29 is 9.15 Å². The predicted octanol–water partition coefficient (Wildman–Crippen LogP) is 3.98. The van der Waals surface area contributed by atoms with E-state index >= 15 is 0 Å². The highest BCUT2D eigenvalue weighted by Crippen LogP contribution is 2.29. The summed E-state index contributed by atoms with van der Waals surface area (Å²) in [5.41, 5.74) is 0.892. The van der Waals surface area contributed by atoms with E-state index in [4.69, 9.17) is 9.15 Å². The average molecular weight is 301 g/mol. The number of hydrogen-bond donors (Lipinski definition) is 1. The lowest BCUT2D eigenvalue weighted by molar-refractivity contribution is 0.415. The Labute approximate surface area is 126 Å². The molecule has 6 heteroatoms. The molecule has 21 heavy (non-hydrogen) atoms. The molecule has 3 aromatic rings. The number of para-hydroxylation sites is 2. The molecule has 108 valence electrons. The summed E-state index contributed by atoms with van der Waals surface area (Å²) in [4.78, 5) is 0.971. The number of benzene rings is 1. The topological polar surface area (TPSA) is 60.2 Å².